The molecule has 1 fully saturated rings. The quantitative estimate of drug-likeness (QED) is 0.308. The molecule has 1 aliphatic rings. The van der Waals surface area contributed by atoms with Gasteiger partial charge in [-0.15, -0.1) is 0 Å². The lowest BCUT2D eigenvalue weighted by Gasteiger charge is -2.27. The molecule has 0 bridgehead atoms. The van der Waals surface area contributed by atoms with E-state index in [0.717, 1.165) is 25.7 Å². The summed E-state index contributed by atoms with van der Waals surface area (Å²) in [7, 11) is -4.67. The summed E-state index contributed by atoms with van der Waals surface area (Å²) in [5.41, 5.74) is 10.6. The average molecular weight is 327 g/mol. The van der Waals surface area contributed by atoms with E-state index in [1.807, 2.05) is 0 Å². The van der Waals surface area contributed by atoms with Gasteiger partial charge >= 0.3 is 10.4 Å². The number of ether oxygens (including phenoxy) is 2. The zero-order valence-corrected chi connectivity index (χ0v) is 13.2. The highest BCUT2D eigenvalue weighted by Crippen LogP contribution is 2.32. The topological polar surface area (TPSA) is 157 Å². The van der Waals surface area contributed by atoms with Gasteiger partial charge in [-0.1, -0.05) is 26.7 Å². The summed E-state index contributed by atoms with van der Waals surface area (Å²) < 4.78 is 43.3. The number of aliphatic imine (C=N–C) groups is 1. The molecule has 0 aliphatic carbocycles. The van der Waals surface area contributed by atoms with Crippen LogP contribution in [0.5, 0.6) is 0 Å². The highest BCUT2D eigenvalue weighted by atomic mass is 32.3. The maximum absolute atomic E-state index is 8.74. The number of rotatable bonds is 6. The van der Waals surface area contributed by atoms with E-state index in [4.69, 9.17) is 38.5 Å². The van der Waals surface area contributed by atoms with E-state index in [-0.39, 0.29) is 12.1 Å². The van der Waals surface area contributed by atoms with E-state index in [2.05, 4.69) is 18.8 Å². The van der Waals surface area contributed by atoms with Crippen LogP contribution in [0.25, 0.3) is 0 Å². The molecule has 1 aliphatic heterocycles. The second-order valence-corrected chi connectivity index (χ2v) is 5.57. The molecule has 1 rings (SSSR count). The first-order valence-electron chi connectivity index (χ1n) is 6.69. The first-order valence-corrected chi connectivity index (χ1v) is 8.08. The molecule has 9 nitrogen and oxygen atoms in total. The maximum Gasteiger partial charge on any atom is 0.394 e. The monoisotopic (exact) mass is 327 g/mol. The van der Waals surface area contributed by atoms with Crippen LogP contribution >= 0.6 is 0 Å². The fourth-order valence-electron chi connectivity index (χ4n) is 2.06. The van der Waals surface area contributed by atoms with Gasteiger partial charge in [-0.2, -0.15) is 8.42 Å². The molecular weight excluding hydrogens is 302 g/mol. The third kappa shape index (κ3) is 10.4. The molecule has 0 aromatic rings. The molecular formula is C11H25N3O6S. The van der Waals surface area contributed by atoms with Crippen LogP contribution in [0, 0.1) is 0 Å². The van der Waals surface area contributed by atoms with Crippen LogP contribution < -0.4 is 11.5 Å². The SMILES string of the molecule is CCCC1(CCC)OCC(CN=C(N)N)O1.O=S(=O)(O)O. The number of hydrogen-bond donors (Lipinski definition) is 4. The standard InChI is InChI=1S/C11H23N3O2.H2O4S/c1-3-5-11(6-4-2)15-8-9(16-11)7-14-10(12)13;1-5(2,3)4/h9H,3-8H2,1-2H3,(H4,12,13,14);(H2,1,2,3,4). The molecule has 10 heteroatoms. The first kappa shape index (κ1) is 20.1. The minimum Gasteiger partial charge on any atom is -0.370 e. The van der Waals surface area contributed by atoms with Gasteiger partial charge in [0.2, 0.25) is 0 Å². The van der Waals surface area contributed by atoms with Crippen LogP contribution in [0.2, 0.25) is 0 Å². The lowest BCUT2D eigenvalue weighted by Crippen LogP contribution is -2.31. The zero-order chi connectivity index (χ0) is 16.5. The first-order chi connectivity index (χ1) is 9.62. The largest absolute Gasteiger partial charge is 0.394 e. The summed E-state index contributed by atoms with van der Waals surface area (Å²) in [4.78, 5) is 3.96. The lowest BCUT2D eigenvalue weighted by atomic mass is 10.1. The summed E-state index contributed by atoms with van der Waals surface area (Å²) in [5, 5.41) is 0. The van der Waals surface area contributed by atoms with Gasteiger partial charge < -0.3 is 20.9 Å². The van der Waals surface area contributed by atoms with Crippen molar-refractivity contribution in [3.05, 3.63) is 0 Å². The van der Waals surface area contributed by atoms with Crippen molar-refractivity contribution in [1.82, 2.24) is 0 Å². The van der Waals surface area contributed by atoms with E-state index in [9.17, 15) is 0 Å². The van der Waals surface area contributed by atoms with Crippen molar-refractivity contribution in [3.63, 3.8) is 0 Å². The predicted octanol–water partition coefficient (Wildman–Crippen LogP) is 0.319. The minimum atomic E-state index is -4.67. The Kier molecular flexibility index (Phi) is 8.74. The van der Waals surface area contributed by atoms with Crippen molar-refractivity contribution in [2.75, 3.05) is 13.2 Å². The fourth-order valence-corrected chi connectivity index (χ4v) is 2.06. The normalized spacial score (nSPS) is 20.5. The van der Waals surface area contributed by atoms with Crippen molar-refractivity contribution in [2.24, 2.45) is 16.5 Å². The van der Waals surface area contributed by atoms with Crippen molar-refractivity contribution < 1.29 is 27.0 Å². The second kappa shape index (κ2) is 9.15. The Morgan fingerprint density at radius 2 is 1.76 bits per heavy atom. The molecule has 0 aromatic carbocycles. The predicted molar refractivity (Wildman–Crippen MR) is 78.2 cm³/mol. The molecule has 0 radical (unpaired) electrons. The molecule has 1 heterocycles. The molecule has 6 N–H and O–H groups in total. The molecule has 126 valence electrons. The number of guanidine groups is 1. The van der Waals surface area contributed by atoms with Crippen molar-refractivity contribution in [3.8, 4) is 0 Å². The molecule has 0 aromatic heterocycles. The zero-order valence-electron chi connectivity index (χ0n) is 12.4. The Balaban J connectivity index is 0.000000690. The molecule has 0 saturated carbocycles. The maximum atomic E-state index is 8.74. The van der Waals surface area contributed by atoms with Gasteiger partial charge in [0.25, 0.3) is 0 Å². The van der Waals surface area contributed by atoms with Gasteiger partial charge in [0.1, 0.15) is 6.10 Å². The highest BCUT2D eigenvalue weighted by Gasteiger charge is 2.39. The Labute approximate surface area is 125 Å². The highest BCUT2D eigenvalue weighted by molar-refractivity contribution is 7.79. The van der Waals surface area contributed by atoms with Gasteiger partial charge in [-0.25, -0.2) is 0 Å². The van der Waals surface area contributed by atoms with Crippen LogP contribution in [-0.4, -0.2) is 48.5 Å². The smallest absolute Gasteiger partial charge is 0.370 e. The number of nitrogens with two attached hydrogens (primary N) is 2. The van der Waals surface area contributed by atoms with Crippen molar-refractivity contribution >= 4 is 16.4 Å². The van der Waals surface area contributed by atoms with Gasteiger partial charge in [-0.3, -0.25) is 14.1 Å². The van der Waals surface area contributed by atoms with E-state index in [0.29, 0.717) is 13.2 Å². The molecule has 21 heavy (non-hydrogen) atoms. The van der Waals surface area contributed by atoms with Gasteiger partial charge in [0.05, 0.1) is 13.2 Å². The van der Waals surface area contributed by atoms with Crippen molar-refractivity contribution in [1.29, 1.82) is 0 Å². The van der Waals surface area contributed by atoms with Crippen LogP contribution in [0.15, 0.2) is 4.99 Å². The molecule has 1 saturated heterocycles. The summed E-state index contributed by atoms with van der Waals surface area (Å²) in [6, 6.07) is 0. The lowest BCUT2D eigenvalue weighted by molar-refractivity contribution is -0.176. The number of nitrogens with zero attached hydrogens (tertiary/aromatic N) is 1. The second-order valence-electron chi connectivity index (χ2n) is 4.67. The van der Waals surface area contributed by atoms with Crippen LogP contribution in [0.1, 0.15) is 39.5 Å². The van der Waals surface area contributed by atoms with E-state index >= 15 is 0 Å². The van der Waals surface area contributed by atoms with Gasteiger partial charge in [-0.05, 0) is 0 Å². The third-order valence-corrected chi connectivity index (χ3v) is 2.65. The Morgan fingerprint density at radius 1 is 1.29 bits per heavy atom. The van der Waals surface area contributed by atoms with Gasteiger partial charge in [0.15, 0.2) is 11.7 Å². The minimum absolute atomic E-state index is 0.0137. The fraction of sp³-hybridized carbons (Fsp3) is 0.909. The van der Waals surface area contributed by atoms with Crippen LogP contribution in [0.3, 0.4) is 0 Å². The summed E-state index contributed by atoms with van der Waals surface area (Å²) in [5.74, 6) is -0.292. The van der Waals surface area contributed by atoms with Crippen LogP contribution in [-0.2, 0) is 19.9 Å². The molecule has 0 spiro atoms. The summed E-state index contributed by atoms with van der Waals surface area (Å²) in [6.45, 7) is 5.33. The summed E-state index contributed by atoms with van der Waals surface area (Å²) in [6.07, 6.45) is 3.95. The Bertz CT molecular complexity index is 408. The Morgan fingerprint density at radius 3 is 2.14 bits per heavy atom. The molecule has 1 atom stereocenters. The average Bonchev–Trinajstić information content (AvgIpc) is 2.69. The number of hydrogen-bond acceptors (Lipinski definition) is 5. The van der Waals surface area contributed by atoms with E-state index < -0.39 is 16.2 Å². The Hall–Kier alpha value is -0.940. The third-order valence-electron chi connectivity index (χ3n) is 2.65. The van der Waals surface area contributed by atoms with E-state index in [1.54, 1.807) is 0 Å². The summed E-state index contributed by atoms with van der Waals surface area (Å²) >= 11 is 0. The molecule has 0 amide bonds. The van der Waals surface area contributed by atoms with E-state index in [1.165, 1.54) is 0 Å². The van der Waals surface area contributed by atoms with Gasteiger partial charge in [0, 0.05) is 12.8 Å². The molecule has 1 unspecified atom stereocenters. The van der Waals surface area contributed by atoms with Crippen molar-refractivity contribution in [2.45, 2.75) is 51.4 Å². The van der Waals surface area contributed by atoms with Crippen LogP contribution in [0.4, 0.5) is 0 Å².